The first kappa shape index (κ1) is 14.8. The highest BCUT2D eigenvalue weighted by Crippen LogP contribution is 2.40. The number of benzene rings is 1. The molecule has 2 heterocycles. The van der Waals surface area contributed by atoms with E-state index in [2.05, 4.69) is 53.7 Å². The van der Waals surface area contributed by atoms with E-state index in [1.807, 2.05) is 12.3 Å². The quantitative estimate of drug-likeness (QED) is 0.820. The van der Waals surface area contributed by atoms with Crippen LogP contribution in [0.15, 0.2) is 53.9 Å². The lowest BCUT2D eigenvalue weighted by Gasteiger charge is -2.33. The molecule has 2 aliphatic heterocycles. The normalized spacial score (nSPS) is 21.4. The lowest BCUT2D eigenvalue weighted by molar-refractivity contribution is 0.248. The highest BCUT2D eigenvalue weighted by molar-refractivity contribution is 6.30. The third-order valence-corrected chi connectivity index (χ3v) is 5.27. The summed E-state index contributed by atoms with van der Waals surface area (Å²) in [7, 11) is 2.21. The summed E-state index contributed by atoms with van der Waals surface area (Å²) in [6.45, 7) is 2.32. The van der Waals surface area contributed by atoms with Gasteiger partial charge in [0.2, 0.25) is 0 Å². The van der Waals surface area contributed by atoms with Gasteiger partial charge < -0.3 is 10.2 Å². The van der Waals surface area contributed by atoms with Crippen molar-refractivity contribution in [1.29, 1.82) is 0 Å². The van der Waals surface area contributed by atoms with Gasteiger partial charge in [0.1, 0.15) is 0 Å². The maximum absolute atomic E-state index is 6.24. The van der Waals surface area contributed by atoms with Crippen molar-refractivity contribution < 1.29 is 0 Å². The summed E-state index contributed by atoms with van der Waals surface area (Å²) in [5.74, 6) is 0.587. The van der Waals surface area contributed by atoms with Crippen LogP contribution in [0, 0.1) is 5.92 Å². The zero-order chi connectivity index (χ0) is 15.8. The minimum Gasteiger partial charge on any atom is -0.361 e. The van der Waals surface area contributed by atoms with Crippen molar-refractivity contribution >= 4 is 23.3 Å². The third kappa shape index (κ3) is 2.77. The molecule has 118 valence electrons. The molecular weight excluding hydrogens is 304 g/mol. The van der Waals surface area contributed by atoms with Gasteiger partial charge in [-0.05, 0) is 79.4 Å². The molecule has 0 bridgehead atoms. The molecule has 23 heavy (non-hydrogen) atoms. The topological polar surface area (TPSA) is 15.3 Å². The standard InChI is InChI=1S/C20H21ClN2/c1-23-11-8-14(9-12-23)19-18-7-6-17(21)13-16(18)5-4-15-3-2-10-22-20(15)19/h2-7,10,13-14,22H,8-9,11-12H2,1H3. The zero-order valence-electron chi connectivity index (χ0n) is 13.3. The number of rotatable bonds is 1. The Hall–Kier alpha value is -1.77. The number of nitrogens with zero attached hydrogens (tertiary/aromatic N) is 1. The molecule has 1 aromatic rings. The number of hydrogen-bond acceptors (Lipinski definition) is 2. The average molecular weight is 325 g/mol. The van der Waals surface area contributed by atoms with Crippen molar-refractivity contribution in [2.45, 2.75) is 12.8 Å². The molecule has 1 saturated heterocycles. The van der Waals surface area contributed by atoms with Crippen LogP contribution in [-0.4, -0.2) is 25.0 Å². The fraction of sp³-hybridized carbons (Fsp3) is 0.300. The molecule has 0 radical (unpaired) electrons. The van der Waals surface area contributed by atoms with Gasteiger partial charge in [0.05, 0.1) is 0 Å². The molecule has 1 N–H and O–H groups in total. The first-order valence-electron chi connectivity index (χ1n) is 8.27. The first-order valence-corrected chi connectivity index (χ1v) is 8.64. The summed E-state index contributed by atoms with van der Waals surface area (Å²) in [6, 6.07) is 6.27. The third-order valence-electron chi connectivity index (χ3n) is 5.03. The Labute approximate surface area is 142 Å². The van der Waals surface area contributed by atoms with Crippen molar-refractivity contribution in [3.05, 3.63) is 70.0 Å². The van der Waals surface area contributed by atoms with E-state index in [0.29, 0.717) is 5.92 Å². The van der Waals surface area contributed by atoms with E-state index in [1.165, 1.54) is 40.8 Å². The molecule has 0 unspecified atom stereocenters. The van der Waals surface area contributed by atoms with Crippen LogP contribution >= 0.6 is 11.6 Å². The predicted octanol–water partition coefficient (Wildman–Crippen LogP) is 4.46. The molecule has 1 fully saturated rings. The predicted molar refractivity (Wildman–Crippen MR) is 98.0 cm³/mol. The maximum Gasteiger partial charge on any atom is 0.0495 e. The largest absolute Gasteiger partial charge is 0.361 e. The Balaban J connectivity index is 1.87. The number of hydrogen-bond donors (Lipinski definition) is 1. The zero-order valence-corrected chi connectivity index (χ0v) is 14.1. The van der Waals surface area contributed by atoms with Crippen molar-refractivity contribution in [1.82, 2.24) is 10.2 Å². The van der Waals surface area contributed by atoms with Crippen LogP contribution in [0.4, 0.5) is 0 Å². The van der Waals surface area contributed by atoms with Gasteiger partial charge in [0.25, 0.3) is 0 Å². The average Bonchev–Trinajstić information content (AvgIpc) is 2.72. The van der Waals surface area contributed by atoms with Gasteiger partial charge in [0, 0.05) is 16.9 Å². The van der Waals surface area contributed by atoms with Gasteiger partial charge in [-0.15, -0.1) is 0 Å². The summed E-state index contributed by atoms with van der Waals surface area (Å²) in [5, 5.41) is 4.31. The Kier molecular flexibility index (Phi) is 3.88. The van der Waals surface area contributed by atoms with Crippen LogP contribution in [0.25, 0.3) is 11.6 Å². The van der Waals surface area contributed by atoms with E-state index >= 15 is 0 Å². The fourth-order valence-electron chi connectivity index (χ4n) is 3.77. The molecule has 2 nitrogen and oxygen atoms in total. The summed E-state index contributed by atoms with van der Waals surface area (Å²) in [4.78, 5) is 2.42. The number of halogens is 1. The summed E-state index contributed by atoms with van der Waals surface area (Å²) >= 11 is 6.24. The second kappa shape index (κ2) is 6.03. The number of allylic oxidation sites excluding steroid dienone is 4. The van der Waals surface area contributed by atoms with Crippen LogP contribution in [0.1, 0.15) is 24.0 Å². The first-order chi connectivity index (χ1) is 11.2. The van der Waals surface area contributed by atoms with Crippen LogP contribution in [0.2, 0.25) is 5.02 Å². The van der Waals surface area contributed by atoms with Crippen LogP contribution in [-0.2, 0) is 0 Å². The molecule has 0 amide bonds. The number of fused-ring (bicyclic) bond motifs is 2. The molecular formula is C20H21ClN2. The fourth-order valence-corrected chi connectivity index (χ4v) is 3.95. The highest BCUT2D eigenvalue weighted by atomic mass is 35.5. The van der Waals surface area contributed by atoms with Crippen LogP contribution in [0.3, 0.4) is 0 Å². The van der Waals surface area contributed by atoms with Gasteiger partial charge in [0.15, 0.2) is 0 Å². The molecule has 3 heteroatoms. The van der Waals surface area contributed by atoms with E-state index in [-0.39, 0.29) is 0 Å². The molecule has 0 atom stereocenters. The number of likely N-dealkylation sites (tertiary alicyclic amines) is 1. The Bertz CT molecular complexity index is 747. The van der Waals surface area contributed by atoms with Gasteiger partial charge in [-0.2, -0.15) is 0 Å². The van der Waals surface area contributed by atoms with Gasteiger partial charge in [-0.1, -0.05) is 35.9 Å². The molecule has 0 spiro atoms. The summed E-state index contributed by atoms with van der Waals surface area (Å²) < 4.78 is 0. The summed E-state index contributed by atoms with van der Waals surface area (Å²) in [5.41, 5.74) is 6.51. The molecule has 0 aromatic heterocycles. The molecule has 1 aliphatic carbocycles. The Morgan fingerprint density at radius 3 is 2.83 bits per heavy atom. The van der Waals surface area contributed by atoms with Crippen molar-refractivity contribution in [2.24, 2.45) is 5.92 Å². The molecule has 1 aromatic carbocycles. The lowest BCUT2D eigenvalue weighted by atomic mass is 9.82. The van der Waals surface area contributed by atoms with Crippen molar-refractivity contribution in [3.8, 4) is 0 Å². The number of nitrogens with one attached hydrogen (secondary N) is 1. The Morgan fingerprint density at radius 2 is 2.00 bits per heavy atom. The highest BCUT2D eigenvalue weighted by Gasteiger charge is 2.27. The van der Waals surface area contributed by atoms with Crippen molar-refractivity contribution in [3.63, 3.8) is 0 Å². The minimum absolute atomic E-state index is 0.587. The van der Waals surface area contributed by atoms with Gasteiger partial charge >= 0.3 is 0 Å². The van der Waals surface area contributed by atoms with E-state index < -0.39 is 0 Å². The second-order valence-electron chi connectivity index (χ2n) is 6.56. The van der Waals surface area contributed by atoms with Gasteiger partial charge in [-0.3, -0.25) is 0 Å². The number of piperidine rings is 1. The Morgan fingerprint density at radius 1 is 1.17 bits per heavy atom. The van der Waals surface area contributed by atoms with E-state index in [0.717, 1.165) is 18.1 Å². The monoisotopic (exact) mass is 324 g/mol. The number of dihydropyridines is 1. The van der Waals surface area contributed by atoms with E-state index in [1.54, 1.807) is 0 Å². The minimum atomic E-state index is 0.587. The maximum atomic E-state index is 6.24. The SMILES string of the molecule is CN1CCC(C2=C3NC=CC=C3C=Cc3cc(Cl)ccc32)CC1. The molecule has 3 aliphatic rings. The second-order valence-corrected chi connectivity index (χ2v) is 6.99. The van der Waals surface area contributed by atoms with E-state index in [9.17, 15) is 0 Å². The van der Waals surface area contributed by atoms with E-state index in [4.69, 9.17) is 11.6 Å². The lowest BCUT2D eigenvalue weighted by Crippen LogP contribution is -2.31. The van der Waals surface area contributed by atoms with Crippen LogP contribution in [0.5, 0.6) is 0 Å². The molecule has 0 saturated carbocycles. The van der Waals surface area contributed by atoms with Crippen LogP contribution < -0.4 is 5.32 Å². The summed E-state index contributed by atoms with van der Waals surface area (Å²) in [6.07, 6.45) is 13.1. The van der Waals surface area contributed by atoms with Gasteiger partial charge in [-0.25, -0.2) is 0 Å². The van der Waals surface area contributed by atoms with Crippen molar-refractivity contribution in [2.75, 3.05) is 20.1 Å². The smallest absolute Gasteiger partial charge is 0.0495 e. The molecule has 4 rings (SSSR count).